The number of ketones is 1. The van der Waals surface area contributed by atoms with E-state index < -0.39 is 0 Å². The predicted octanol–water partition coefficient (Wildman–Crippen LogP) is 1.86. The molecule has 1 aromatic carbocycles. The van der Waals surface area contributed by atoms with E-state index in [0.717, 1.165) is 38.0 Å². The highest BCUT2D eigenvalue weighted by atomic mass is 16.1. The number of Topliss-reactive ketones (excluding diaryl/α,β-unsaturated/α-hetero) is 1. The van der Waals surface area contributed by atoms with Gasteiger partial charge in [0.2, 0.25) is 5.91 Å². The van der Waals surface area contributed by atoms with Gasteiger partial charge in [0, 0.05) is 44.6 Å². The van der Waals surface area contributed by atoms with Crippen molar-refractivity contribution in [3.05, 3.63) is 35.9 Å². The summed E-state index contributed by atoms with van der Waals surface area (Å²) >= 11 is 0. The molecule has 1 aliphatic rings. The number of amides is 1. The van der Waals surface area contributed by atoms with Gasteiger partial charge < -0.3 is 10.2 Å². The van der Waals surface area contributed by atoms with Crippen molar-refractivity contribution in [3.8, 4) is 0 Å². The molecule has 0 spiro atoms. The SMILES string of the molecule is CC(=O)NC1CCN(CCC(=O)c2ccccc2)CC1. The van der Waals surface area contributed by atoms with Gasteiger partial charge in [-0.05, 0) is 12.8 Å². The van der Waals surface area contributed by atoms with Crippen LogP contribution in [0, 0.1) is 0 Å². The monoisotopic (exact) mass is 274 g/mol. The van der Waals surface area contributed by atoms with Crippen molar-refractivity contribution < 1.29 is 9.59 Å². The summed E-state index contributed by atoms with van der Waals surface area (Å²) in [5.41, 5.74) is 0.792. The van der Waals surface area contributed by atoms with Crippen LogP contribution in [-0.4, -0.2) is 42.3 Å². The fraction of sp³-hybridized carbons (Fsp3) is 0.500. The van der Waals surface area contributed by atoms with Crippen molar-refractivity contribution in [1.29, 1.82) is 0 Å². The van der Waals surface area contributed by atoms with E-state index in [-0.39, 0.29) is 11.7 Å². The normalized spacial score (nSPS) is 16.9. The first-order chi connectivity index (χ1) is 9.65. The average Bonchev–Trinajstić information content (AvgIpc) is 2.46. The highest BCUT2D eigenvalue weighted by Gasteiger charge is 2.20. The van der Waals surface area contributed by atoms with Gasteiger partial charge >= 0.3 is 0 Å². The Morgan fingerprint density at radius 3 is 2.45 bits per heavy atom. The molecule has 4 heteroatoms. The lowest BCUT2D eigenvalue weighted by atomic mass is 10.0. The summed E-state index contributed by atoms with van der Waals surface area (Å²) in [6.07, 6.45) is 2.51. The van der Waals surface area contributed by atoms with E-state index in [2.05, 4.69) is 10.2 Å². The molecule has 0 bridgehead atoms. The zero-order chi connectivity index (χ0) is 14.4. The summed E-state index contributed by atoms with van der Waals surface area (Å²) < 4.78 is 0. The molecule has 1 heterocycles. The minimum atomic E-state index is 0.0442. The maximum Gasteiger partial charge on any atom is 0.217 e. The van der Waals surface area contributed by atoms with E-state index in [1.54, 1.807) is 6.92 Å². The third-order valence-corrected chi connectivity index (χ3v) is 3.75. The first-order valence-electron chi connectivity index (χ1n) is 7.23. The first-order valence-corrected chi connectivity index (χ1v) is 7.23. The molecule has 1 aliphatic heterocycles. The van der Waals surface area contributed by atoms with E-state index >= 15 is 0 Å². The largest absolute Gasteiger partial charge is 0.354 e. The van der Waals surface area contributed by atoms with Crippen molar-refractivity contribution in [2.45, 2.75) is 32.2 Å². The number of nitrogens with zero attached hydrogens (tertiary/aromatic N) is 1. The number of hydrogen-bond donors (Lipinski definition) is 1. The van der Waals surface area contributed by atoms with Crippen LogP contribution in [0.15, 0.2) is 30.3 Å². The lowest BCUT2D eigenvalue weighted by molar-refractivity contribution is -0.119. The summed E-state index contributed by atoms with van der Waals surface area (Å²) in [5, 5.41) is 2.96. The number of hydrogen-bond acceptors (Lipinski definition) is 3. The Hall–Kier alpha value is -1.68. The molecule has 0 saturated carbocycles. The molecule has 1 fully saturated rings. The molecule has 0 aliphatic carbocycles. The fourth-order valence-electron chi connectivity index (χ4n) is 2.62. The van der Waals surface area contributed by atoms with E-state index in [0.29, 0.717) is 12.5 Å². The van der Waals surface area contributed by atoms with E-state index in [9.17, 15) is 9.59 Å². The number of likely N-dealkylation sites (tertiary alicyclic amines) is 1. The Balaban J connectivity index is 1.71. The predicted molar refractivity (Wildman–Crippen MR) is 78.7 cm³/mol. The van der Waals surface area contributed by atoms with Crippen LogP contribution in [0.4, 0.5) is 0 Å². The van der Waals surface area contributed by atoms with Crippen LogP contribution < -0.4 is 5.32 Å². The third-order valence-electron chi connectivity index (χ3n) is 3.75. The van der Waals surface area contributed by atoms with Crippen LogP contribution in [0.25, 0.3) is 0 Å². The van der Waals surface area contributed by atoms with Crippen molar-refractivity contribution in [2.24, 2.45) is 0 Å². The minimum Gasteiger partial charge on any atom is -0.354 e. The standard InChI is InChI=1S/C16H22N2O2/c1-13(19)17-15-7-10-18(11-8-15)12-9-16(20)14-5-3-2-4-6-14/h2-6,15H,7-12H2,1H3,(H,17,19). The molecule has 1 aromatic rings. The maximum atomic E-state index is 12.0. The maximum absolute atomic E-state index is 12.0. The van der Waals surface area contributed by atoms with E-state index in [4.69, 9.17) is 0 Å². The van der Waals surface area contributed by atoms with Crippen molar-refractivity contribution in [2.75, 3.05) is 19.6 Å². The minimum absolute atomic E-state index is 0.0442. The number of carbonyl (C=O) groups is 2. The molecule has 0 unspecified atom stereocenters. The molecular formula is C16H22N2O2. The van der Waals surface area contributed by atoms with Gasteiger partial charge in [-0.2, -0.15) is 0 Å². The first kappa shape index (κ1) is 14.7. The highest BCUT2D eigenvalue weighted by molar-refractivity contribution is 5.96. The Morgan fingerprint density at radius 1 is 1.20 bits per heavy atom. The number of nitrogens with one attached hydrogen (secondary N) is 1. The van der Waals surface area contributed by atoms with Gasteiger partial charge in [0.25, 0.3) is 0 Å². The summed E-state index contributed by atoms with van der Waals surface area (Å²) in [5.74, 6) is 0.247. The van der Waals surface area contributed by atoms with Crippen LogP contribution in [0.5, 0.6) is 0 Å². The van der Waals surface area contributed by atoms with Gasteiger partial charge in [0.1, 0.15) is 0 Å². The Morgan fingerprint density at radius 2 is 1.85 bits per heavy atom. The molecule has 0 radical (unpaired) electrons. The third kappa shape index (κ3) is 4.46. The zero-order valence-electron chi connectivity index (χ0n) is 12.0. The molecule has 0 atom stereocenters. The molecule has 0 aromatic heterocycles. The Labute approximate surface area is 120 Å². The van der Waals surface area contributed by atoms with Crippen LogP contribution in [0.1, 0.15) is 36.5 Å². The molecule has 1 amide bonds. The number of carbonyl (C=O) groups excluding carboxylic acids is 2. The van der Waals surface area contributed by atoms with Gasteiger partial charge in [0.05, 0.1) is 0 Å². The fourth-order valence-corrected chi connectivity index (χ4v) is 2.62. The molecule has 20 heavy (non-hydrogen) atoms. The van der Waals surface area contributed by atoms with Crippen LogP contribution in [0.2, 0.25) is 0 Å². The van der Waals surface area contributed by atoms with Crippen molar-refractivity contribution in [3.63, 3.8) is 0 Å². The zero-order valence-corrected chi connectivity index (χ0v) is 12.0. The van der Waals surface area contributed by atoms with Gasteiger partial charge in [-0.25, -0.2) is 0 Å². The van der Waals surface area contributed by atoms with Crippen molar-refractivity contribution >= 4 is 11.7 Å². The second-order valence-electron chi connectivity index (χ2n) is 5.36. The number of piperidine rings is 1. The summed E-state index contributed by atoms with van der Waals surface area (Å²) in [4.78, 5) is 25.3. The lowest BCUT2D eigenvalue weighted by Crippen LogP contribution is -2.44. The highest BCUT2D eigenvalue weighted by Crippen LogP contribution is 2.12. The summed E-state index contributed by atoms with van der Waals surface area (Å²) in [6.45, 7) is 4.27. The molecule has 1 N–H and O–H groups in total. The lowest BCUT2D eigenvalue weighted by Gasteiger charge is -2.31. The topological polar surface area (TPSA) is 49.4 Å². The van der Waals surface area contributed by atoms with Crippen LogP contribution in [-0.2, 0) is 4.79 Å². The van der Waals surface area contributed by atoms with Gasteiger partial charge in [0.15, 0.2) is 5.78 Å². The molecule has 108 valence electrons. The summed E-state index contributed by atoms with van der Waals surface area (Å²) in [6, 6.07) is 9.74. The van der Waals surface area contributed by atoms with E-state index in [1.807, 2.05) is 30.3 Å². The average molecular weight is 274 g/mol. The molecular weight excluding hydrogens is 252 g/mol. The molecule has 4 nitrogen and oxygen atoms in total. The molecule has 2 rings (SSSR count). The Kier molecular flexibility index (Phi) is 5.30. The smallest absolute Gasteiger partial charge is 0.217 e. The van der Waals surface area contributed by atoms with Gasteiger partial charge in [-0.15, -0.1) is 0 Å². The van der Waals surface area contributed by atoms with E-state index in [1.165, 1.54) is 0 Å². The van der Waals surface area contributed by atoms with Crippen LogP contribution >= 0.6 is 0 Å². The van der Waals surface area contributed by atoms with Gasteiger partial charge in [-0.1, -0.05) is 30.3 Å². The second-order valence-corrected chi connectivity index (χ2v) is 5.36. The quantitative estimate of drug-likeness (QED) is 0.834. The Bertz CT molecular complexity index is 451. The molecule has 1 saturated heterocycles. The van der Waals surface area contributed by atoms with Gasteiger partial charge in [-0.3, -0.25) is 9.59 Å². The van der Waals surface area contributed by atoms with Crippen LogP contribution in [0.3, 0.4) is 0 Å². The number of rotatable bonds is 5. The number of benzene rings is 1. The second kappa shape index (κ2) is 7.20. The van der Waals surface area contributed by atoms with Crippen molar-refractivity contribution in [1.82, 2.24) is 10.2 Å². The summed E-state index contributed by atoms with van der Waals surface area (Å²) in [7, 11) is 0.